The Morgan fingerprint density at radius 1 is 0.886 bits per heavy atom. The number of benzene rings is 1. The Bertz CT molecular complexity index is 1040. The molecule has 44 heavy (non-hydrogen) atoms. The van der Waals surface area contributed by atoms with Crippen molar-refractivity contribution in [3.8, 4) is 0 Å². The summed E-state index contributed by atoms with van der Waals surface area (Å²) < 4.78 is 0. The van der Waals surface area contributed by atoms with Crippen LogP contribution in [0.2, 0.25) is 0 Å². The minimum atomic E-state index is -0.884. The molecule has 1 fully saturated rings. The fourth-order valence-corrected chi connectivity index (χ4v) is 3.91. The third-order valence-corrected chi connectivity index (χ3v) is 6.58. The van der Waals surface area contributed by atoms with Crippen LogP contribution in [-0.4, -0.2) is 61.2 Å². The summed E-state index contributed by atoms with van der Waals surface area (Å²) in [6, 6.07) is 7.21. The molecule has 1 aromatic carbocycles. The number of aliphatic imine (C=N–C) groups is 1. The SMILES string of the molecule is CC.CC(C)C(N)=O.CC1CCCCCCNC(=O)C(c2ccccc2)NC(=O)CNC(=O)C(CCCN=C(N)N)NC1=O. The average Bonchev–Trinajstić information content (AvgIpc) is 3.00. The van der Waals surface area contributed by atoms with E-state index in [4.69, 9.17) is 17.2 Å². The Labute approximate surface area is 261 Å². The zero-order valence-electron chi connectivity index (χ0n) is 27.0. The first-order valence-corrected chi connectivity index (χ1v) is 15.5. The zero-order chi connectivity index (χ0) is 33.5. The lowest BCUT2D eigenvalue weighted by molar-refractivity contribution is -0.132. The minimum Gasteiger partial charge on any atom is -0.370 e. The maximum absolute atomic E-state index is 12.9. The van der Waals surface area contributed by atoms with Crippen LogP contribution in [0.25, 0.3) is 0 Å². The summed E-state index contributed by atoms with van der Waals surface area (Å²) in [7, 11) is 0. The van der Waals surface area contributed by atoms with Crippen LogP contribution in [0.1, 0.15) is 91.2 Å². The fourth-order valence-electron chi connectivity index (χ4n) is 3.91. The van der Waals surface area contributed by atoms with E-state index in [2.05, 4.69) is 26.3 Å². The highest BCUT2D eigenvalue weighted by Crippen LogP contribution is 2.14. The number of carbonyl (C=O) groups excluding carboxylic acids is 5. The van der Waals surface area contributed by atoms with Gasteiger partial charge in [-0.05, 0) is 31.2 Å². The van der Waals surface area contributed by atoms with E-state index < -0.39 is 23.9 Å². The van der Waals surface area contributed by atoms with Gasteiger partial charge in [-0.1, -0.05) is 84.2 Å². The largest absolute Gasteiger partial charge is 0.370 e. The fraction of sp³-hybridized carbons (Fsp3) is 0.613. The highest BCUT2D eigenvalue weighted by atomic mass is 16.2. The van der Waals surface area contributed by atoms with Crippen molar-refractivity contribution in [2.75, 3.05) is 19.6 Å². The van der Waals surface area contributed by atoms with E-state index in [9.17, 15) is 24.0 Å². The van der Waals surface area contributed by atoms with Gasteiger partial charge in [0.1, 0.15) is 12.1 Å². The maximum atomic E-state index is 12.9. The van der Waals surface area contributed by atoms with Gasteiger partial charge < -0.3 is 38.5 Å². The number of hydrogen-bond donors (Lipinski definition) is 7. The van der Waals surface area contributed by atoms with Crippen molar-refractivity contribution in [1.29, 1.82) is 0 Å². The van der Waals surface area contributed by atoms with Gasteiger partial charge in [0.2, 0.25) is 29.5 Å². The second-order valence-electron chi connectivity index (χ2n) is 10.6. The third kappa shape index (κ3) is 17.7. The van der Waals surface area contributed by atoms with Gasteiger partial charge in [0, 0.05) is 24.9 Å². The molecule has 3 atom stereocenters. The molecule has 1 aromatic rings. The summed E-state index contributed by atoms with van der Waals surface area (Å²) in [5, 5.41) is 11.0. The van der Waals surface area contributed by atoms with Crippen LogP contribution in [0.4, 0.5) is 0 Å². The second kappa shape index (κ2) is 23.3. The van der Waals surface area contributed by atoms with E-state index in [1.54, 1.807) is 38.1 Å². The highest BCUT2D eigenvalue weighted by Gasteiger charge is 2.26. The predicted molar refractivity (Wildman–Crippen MR) is 173 cm³/mol. The summed E-state index contributed by atoms with van der Waals surface area (Å²) in [6.07, 6.45) is 4.97. The summed E-state index contributed by atoms with van der Waals surface area (Å²) >= 11 is 0. The van der Waals surface area contributed by atoms with Gasteiger partial charge in [-0.25, -0.2) is 0 Å². The number of primary amides is 1. The number of rotatable bonds is 6. The second-order valence-corrected chi connectivity index (χ2v) is 10.6. The number of amides is 5. The van der Waals surface area contributed by atoms with Gasteiger partial charge in [0.15, 0.2) is 5.96 Å². The number of carbonyl (C=O) groups is 5. The molecule has 13 heteroatoms. The Morgan fingerprint density at radius 3 is 2.09 bits per heavy atom. The Hall–Kier alpha value is -4.16. The standard InChI is InChI=1S/C25H39N7O4.C4H9NO.C2H6/c1-17-10-5-2-3-8-14-28-24(36)21(18-11-6-4-7-12-18)32-20(33)16-30-23(35)19(31-22(17)34)13-9-15-29-25(26)27;1-3(2)4(5)6;1-2/h4,6-7,11-12,17,19,21H,2-3,5,8-10,13-16H2,1H3,(H,28,36)(H,30,35)(H,31,34)(H,32,33)(H4,26,27,29);3H,1-2H3,(H2,5,6);1-2H3. The van der Waals surface area contributed by atoms with Crippen molar-refractivity contribution in [2.24, 2.45) is 34.0 Å². The number of hydrogen-bond acceptors (Lipinski definition) is 6. The molecule has 248 valence electrons. The highest BCUT2D eigenvalue weighted by molar-refractivity contribution is 5.93. The van der Waals surface area contributed by atoms with Gasteiger partial charge in [-0.2, -0.15) is 0 Å². The van der Waals surface area contributed by atoms with Crippen LogP contribution in [-0.2, 0) is 24.0 Å². The molecule has 2 rings (SSSR count). The van der Waals surface area contributed by atoms with E-state index in [0.717, 1.165) is 25.7 Å². The molecule has 1 aliphatic heterocycles. The van der Waals surface area contributed by atoms with Crippen LogP contribution in [0.5, 0.6) is 0 Å². The zero-order valence-corrected chi connectivity index (χ0v) is 27.0. The monoisotopic (exact) mass is 618 g/mol. The molecule has 0 aromatic heterocycles. The molecule has 10 N–H and O–H groups in total. The van der Waals surface area contributed by atoms with Crippen LogP contribution < -0.4 is 38.5 Å². The van der Waals surface area contributed by atoms with Gasteiger partial charge in [-0.15, -0.1) is 0 Å². The van der Waals surface area contributed by atoms with Crippen molar-refractivity contribution in [3.05, 3.63) is 35.9 Å². The summed E-state index contributed by atoms with van der Waals surface area (Å²) in [5.41, 5.74) is 16.1. The van der Waals surface area contributed by atoms with E-state index >= 15 is 0 Å². The summed E-state index contributed by atoms with van der Waals surface area (Å²) in [5.74, 6) is -2.08. The molecule has 0 radical (unpaired) electrons. The van der Waals surface area contributed by atoms with Crippen LogP contribution in [0.3, 0.4) is 0 Å². The van der Waals surface area contributed by atoms with Gasteiger partial charge in [0.05, 0.1) is 6.54 Å². The topological polar surface area (TPSA) is 224 Å². The van der Waals surface area contributed by atoms with Crippen LogP contribution in [0.15, 0.2) is 35.3 Å². The van der Waals surface area contributed by atoms with Gasteiger partial charge in [-0.3, -0.25) is 29.0 Å². The Kier molecular flexibility index (Phi) is 21.1. The number of nitrogens with one attached hydrogen (secondary N) is 4. The number of nitrogens with two attached hydrogens (primary N) is 3. The molecule has 3 unspecified atom stereocenters. The van der Waals surface area contributed by atoms with Gasteiger partial charge in [0.25, 0.3) is 0 Å². The summed E-state index contributed by atoms with van der Waals surface area (Å²) in [4.78, 5) is 65.0. The Morgan fingerprint density at radius 2 is 1.50 bits per heavy atom. The normalized spacial score (nSPS) is 20.4. The third-order valence-electron chi connectivity index (χ3n) is 6.58. The first kappa shape index (κ1) is 39.8. The van der Waals surface area contributed by atoms with Crippen molar-refractivity contribution < 1.29 is 24.0 Å². The molecule has 5 amide bonds. The predicted octanol–water partition coefficient (Wildman–Crippen LogP) is 1.37. The molecule has 0 bridgehead atoms. The van der Waals surface area contributed by atoms with E-state index in [1.165, 1.54) is 0 Å². The molecule has 1 heterocycles. The maximum Gasteiger partial charge on any atom is 0.247 e. The van der Waals surface area contributed by atoms with E-state index in [-0.39, 0.29) is 42.1 Å². The minimum absolute atomic E-state index is 0.00926. The lowest BCUT2D eigenvalue weighted by Gasteiger charge is -2.22. The van der Waals surface area contributed by atoms with E-state index in [1.807, 2.05) is 26.8 Å². The van der Waals surface area contributed by atoms with Crippen molar-refractivity contribution in [3.63, 3.8) is 0 Å². The molecule has 1 saturated heterocycles. The molecule has 0 saturated carbocycles. The van der Waals surface area contributed by atoms with Crippen molar-refractivity contribution >= 4 is 35.5 Å². The first-order chi connectivity index (χ1) is 20.9. The van der Waals surface area contributed by atoms with Gasteiger partial charge >= 0.3 is 0 Å². The number of nitrogens with zero attached hydrogens (tertiary/aromatic N) is 1. The molecule has 0 spiro atoms. The smallest absolute Gasteiger partial charge is 0.247 e. The van der Waals surface area contributed by atoms with Crippen molar-refractivity contribution in [2.45, 2.75) is 91.6 Å². The molecular formula is C31H54N8O5. The van der Waals surface area contributed by atoms with Crippen LogP contribution in [0, 0.1) is 11.8 Å². The molecule has 1 aliphatic rings. The van der Waals surface area contributed by atoms with Crippen LogP contribution >= 0.6 is 0 Å². The lowest BCUT2D eigenvalue weighted by Crippen LogP contribution is -2.51. The average molecular weight is 619 g/mol. The molecule has 0 aliphatic carbocycles. The summed E-state index contributed by atoms with van der Waals surface area (Å²) in [6.45, 7) is 9.83. The molecular weight excluding hydrogens is 564 g/mol. The Balaban J connectivity index is 0.00000206. The number of guanidine groups is 1. The lowest BCUT2D eigenvalue weighted by atomic mass is 10.0. The van der Waals surface area contributed by atoms with E-state index in [0.29, 0.717) is 37.9 Å². The molecule has 13 nitrogen and oxygen atoms in total. The van der Waals surface area contributed by atoms with Crippen molar-refractivity contribution in [1.82, 2.24) is 21.3 Å². The quantitative estimate of drug-likeness (QED) is 0.141. The first-order valence-electron chi connectivity index (χ1n) is 15.5.